The fourth-order valence-corrected chi connectivity index (χ4v) is 2.86. The molecule has 1 unspecified atom stereocenters. The van der Waals surface area contributed by atoms with Gasteiger partial charge < -0.3 is 10.4 Å². The van der Waals surface area contributed by atoms with Crippen molar-refractivity contribution < 1.29 is 9.90 Å². The van der Waals surface area contributed by atoms with Crippen LogP contribution in [0.5, 0.6) is 0 Å². The molecule has 2 aromatic heterocycles. The normalized spacial score (nSPS) is 12.1. The summed E-state index contributed by atoms with van der Waals surface area (Å²) < 4.78 is 0. The Kier molecular flexibility index (Phi) is 4.16. The van der Waals surface area contributed by atoms with Crippen molar-refractivity contribution in [3.8, 4) is 0 Å². The van der Waals surface area contributed by atoms with Crippen LogP contribution in [-0.2, 0) is 6.42 Å². The van der Waals surface area contributed by atoms with Crippen LogP contribution in [0.1, 0.15) is 27.0 Å². The average Bonchev–Trinajstić information content (AvgIpc) is 2.74. The van der Waals surface area contributed by atoms with Gasteiger partial charge in [-0.15, -0.1) is 11.3 Å². The molecule has 0 radical (unpaired) electrons. The molecule has 0 spiro atoms. The fraction of sp³-hybridized carbons (Fsp3) is 0.286. The van der Waals surface area contributed by atoms with Crippen molar-refractivity contribution in [2.75, 3.05) is 5.32 Å². The van der Waals surface area contributed by atoms with Crippen molar-refractivity contribution in [2.45, 2.75) is 26.3 Å². The van der Waals surface area contributed by atoms with Gasteiger partial charge in [0.2, 0.25) is 0 Å². The maximum absolute atomic E-state index is 10.9. The Morgan fingerprint density at radius 3 is 2.89 bits per heavy atom. The van der Waals surface area contributed by atoms with E-state index < -0.39 is 5.97 Å². The Morgan fingerprint density at radius 2 is 2.26 bits per heavy atom. The van der Waals surface area contributed by atoms with Gasteiger partial charge in [-0.05, 0) is 38.1 Å². The van der Waals surface area contributed by atoms with Crippen molar-refractivity contribution in [3.05, 3.63) is 45.8 Å². The first kappa shape index (κ1) is 13.5. The molecule has 1 atom stereocenters. The molecule has 2 heterocycles. The third-order valence-corrected chi connectivity index (χ3v) is 3.73. The van der Waals surface area contributed by atoms with E-state index in [-0.39, 0.29) is 11.6 Å². The van der Waals surface area contributed by atoms with Crippen LogP contribution in [0.2, 0.25) is 0 Å². The summed E-state index contributed by atoms with van der Waals surface area (Å²) in [5.74, 6) is -0.340. The quantitative estimate of drug-likeness (QED) is 0.880. The van der Waals surface area contributed by atoms with E-state index in [1.807, 2.05) is 0 Å². The summed E-state index contributed by atoms with van der Waals surface area (Å²) in [5, 5.41) is 12.2. The molecule has 2 rings (SSSR count). The summed E-state index contributed by atoms with van der Waals surface area (Å²) in [6.45, 7) is 4.15. The Balaban J connectivity index is 2.00. The lowest BCUT2D eigenvalue weighted by molar-refractivity contribution is 0.0697. The standard InChI is InChI=1S/C14H16N2O2S/c1-9(7-12-4-3-10(2)19-12)16-13-8-11(14(17)18)5-6-15-13/h3-6,8-9H,7H2,1-2H3,(H,15,16)(H,17,18). The van der Waals surface area contributed by atoms with E-state index in [0.29, 0.717) is 5.82 Å². The van der Waals surface area contributed by atoms with Crippen LogP contribution in [0, 0.1) is 6.92 Å². The van der Waals surface area contributed by atoms with E-state index >= 15 is 0 Å². The van der Waals surface area contributed by atoms with Gasteiger partial charge in [0.15, 0.2) is 0 Å². The number of pyridine rings is 1. The molecule has 0 saturated heterocycles. The lowest BCUT2D eigenvalue weighted by Gasteiger charge is -2.13. The minimum Gasteiger partial charge on any atom is -0.478 e. The number of hydrogen-bond acceptors (Lipinski definition) is 4. The Hall–Kier alpha value is -1.88. The maximum Gasteiger partial charge on any atom is 0.335 e. The minimum absolute atomic E-state index is 0.203. The van der Waals surface area contributed by atoms with Crippen LogP contribution in [-0.4, -0.2) is 22.1 Å². The highest BCUT2D eigenvalue weighted by molar-refractivity contribution is 7.11. The van der Waals surface area contributed by atoms with Crippen molar-refractivity contribution in [3.63, 3.8) is 0 Å². The number of anilines is 1. The fourth-order valence-electron chi connectivity index (χ4n) is 1.84. The van der Waals surface area contributed by atoms with E-state index in [0.717, 1.165) is 6.42 Å². The van der Waals surface area contributed by atoms with Crippen molar-refractivity contribution >= 4 is 23.1 Å². The van der Waals surface area contributed by atoms with E-state index in [4.69, 9.17) is 5.11 Å². The number of rotatable bonds is 5. The first-order valence-corrected chi connectivity index (χ1v) is 6.87. The topological polar surface area (TPSA) is 62.2 Å². The number of aromatic nitrogens is 1. The predicted molar refractivity (Wildman–Crippen MR) is 77.0 cm³/mol. The highest BCUT2D eigenvalue weighted by Crippen LogP contribution is 2.18. The summed E-state index contributed by atoms with van der Waals surface area (Å²) in [5.41, 5.74) is 0.247. The summed E-state index contributed by atoms with van der Waals surface area (Å²) in [7, 11) is 0. The van der Waals surface area contributed by atoms with Gasteiger partial charge in [0, 0.05) is 28.4 Å². The molecule has 19 heavy (non-hydrogen) atoms. The second-order valence-corrected chi connectivity index (χ2v) is 5.87. The van der Waals surface area contributed by atoms with Crippen LogP contribution in [0.25, 0.3) is 0 Å². The highest BCUT2D eigenvalue weighted by Gasteiger charge is 2.08. The van der Waals surface area contributed by atoms with Crippen molar-refractivity contribution in [1.29, 1.82) is 0 Å². The highest BCUT2D eigenvalue weighted by atomic mass is 32.1. The first-order valence-electron chi connectivity index (χ1n) is 6.06. The number of carboxylic acid groups (broad SMARTS) is 1. The number of carboxylic acids is 1. The Morgan fingerprint density at radius 1 is 1.47 bits per heavy atom. The molecule has 0 aliphatic heterocycles. The average molecular weight is 276 g/mol. The number of aromatic carboxylic acids is 1. The van der Waals surface area contributed by atoms with Crippen LogP contribution in [0.3, 0.4) is 0 Å². The minimum atomic E-state index is -0.938. The van der Waals surface area contributed by atoms with Gasteiger partial charge in [-0.1, -0.05) is 0 Å². The molecule has 0 saturated carbocycles. The van der Waals surface area contributed by atoms with E-state index in [1.54, 1.807) is 17.4 Å². The van der Waals surface area contributed by atoms with Crippen molar-refractivity contribution in [2.24, 2.45) is 0 Å². The number of nitrogens with one attached hydrogen (secondary N) is 1. The molecule has 4 nitrogen and oxygen atoms in total. The SMILES string of the molecule is Cc1ccc(CC(C)Nc2cc(C(=O)O)ccn2)s1. The van der Waals surface area contributed by atoms with Crippen molar-refractivity contribution in [1.82, 2.24) is 4.98 Å². The van der Waals surface area contributed by atoms with E-state index in [9.17, 15) is 4.79 Å². The van der Waals surface area contributed by atoms with Gasteiger partial charge in [-0.3, -0.25) is 0 Å². The van der Waals surface area contributed by atoms with Gasteiger partial charge in [0.25, 0.3) is 0 Å². The van der Waals surface area contributed by atoms with E-state index in [2.05, 4.69) is 36.3 Å². The van der Waals surface area contributed by atoms with Gasteiger partial charge in [0.05, 0.1) is 5.56 Å². The lowest BCUT2D eigenvalue weighted by atomic mass is 10.2. The van der Waals surface area contributed by atoms with Crippen LogP contribution < -0.4 is 5.32 Å². The molecule has 0 aliphatic carbocycles. The van der Waals surface area contributed by atoms with Gasteiger partial charge in [0.1, 0.15) is 5.82 Å². The third-order valence-electron chi connectivity index (χ3n) is 2.70. The van der Waals surface area contributed by atoms with Gasteiger partial charge in [-0.2, -0.15) is 0 Å². The summed E-state index contributed by atoms with van der Waals surface area (Å²) in [6.07, 6.45) is 2.41. The Bertz CT molecular complexity index is 580. The van der Waals surface area contributed by atoms with Crippen LogP contribution >= 0.6 is 11.3 Å². The summed E-state index contributed by atoms with van der Waals surface area (Å²) in [4.78, 5) is 17.6. The number of aryl methyl sites for hydroxylation is 1. The molecular weight excluding hydrogens is 260 g/mol. The predicted octanol–water partition coefficient (Wildman–Crippen LogP) is 3.19. The molecule has 100 valence electrons. The largest absolute Gasteiger partial charge is 0.478 e. The smallest absolute Gasteiger partial charge is 0.335 e. The molecule has 0 aromatic carbocycles. The molecule has 2 aromatic rings. The number of nitrogens with zero attached hydrogens (tertiary/aromatic N) is 1. The monoisotopic (exact) mass is 276 g/mol. The molecule has 0 bridgehead atoms. The van der Waals surface area contributed by atoms with Crippen LogP contribution in [0.4, 0.5) is 5.82 Å². The number of thiophene rings is 1. The Labute approximate surface area is 116 Å². The lowest BCUT2D eigenvalue weighted by Crippen LogP contribution is -2.18. The second kappa shape index (κ2) is 5.84. The zero-order valence-electron chi connectivity index (χ0n) is 10.9. The molecule has 0 amide bonds. The molecule has 0 fully saturated rings. The third kappa shape index (κ3) is 3.79. The van der Waals surface area contributed by atoms with E-state index in [1.165, 1.54) is 22.0 Å². The molecule has 2 N–H and O–H groups in total. The molecular formula is C14H16N2O2S. The summed E-state index contributed by atoms with van der Waals surface area (Å²) >= 11 is 1.78. The first-order chi connectivity index (χ1) is 9.04. The van der Waals surface area contributed by atoms with Gasteiger partial charge >= 0.3 is 5.97 Å². The van der Waals surface area contributed by atoms with Gasteiger partial charge in [-0.25, -0.2) is 9.78 Å². The molecule has 5 heteroatoms. The zero-order valence-corrected chi connectivity index (χ0v) is 11.7. The van der Waals surface area contributed by atoms with Crippen LogP contribution in [0.15, 0.2) is 30.5 Å². The molecule has 0 aliphatic rings. The number of hydrogen-bond donors (Lipinski definition) is 2. The number of carbonyl (C=O) groups is 1. The maximum atomic E-state index is 10.9. The second-order valence-electron chi connectivity index (χ2n) is 4.50. The summed E-state index contributed by atoms with van der Waals surface area (Å²) in [6, 6.07) is 7.48. The zero-order chi connectivity index (χ0) is 13.8.